The molecule has 26 heavy (non-hydrogen) atoms. The Morgan fingerprint density at radius 1 is 0.808 bits per heavy atom. The summed E-state index contributed by atoms with van der Waals surface area (Å²) in [6.45, 7) is -0.169. The zero-order valence-corrected chi connectivity index (χ0v) is 14.0. The van der Waals surface area contributed by atoms with Crippen molar-refractivity contribution in [2.45, 2.75) is 0 Å². The number of amides is 2. The normalized spacial score (nSPS) is 10.2. The lowest BCUT2D eigenvalue weighted by atomic mass is 10.1. The maximum atomic E-state index is 12.1. The van der Waals surface area contributed by atoms with Gasteiger partial charge in [-0.05, 0) is 35.4 Å². The maximum Gasteiger partial charge on any atom is 0.262 e. The molecule has 3 aromatic rings. The molecule has 3 rings (SSSR count). The number of ether oxygens (including phenoxy) is 1. The smallest absolute Gasteiger partial charge is 0.262 e. The number of primary amides is 1. The van der Waals surface area contributed by atoms with Crippen LogP contribution in [0.25, 0.3) is 11.1 Å². The number of hydrogen-bond donors (Lipinski definition) is 2. The molecule has 0 spiro atoms. The van der Waals surface area contributed by atoms with Crippen LogP contribution in [0.1, 0.15) is 10.4 Å². The summed E-state index contributed by atoms with van der Waals surface area (Å²) in [5.74, 6) is -0.382. The molecule has 5 heteroatoms. The Bertz CT molecular complexity index is 906. The summed E-state index contributed by atoms with van der Waals surface area (Å²) in [7, 11) is 0. The van der Waals surface area contributed by atoms with Crippen molar-refractivity contribution in [2.75, 3.05) is 11.9 Å². The molecule has 3 aromatic carbocycles. The molecule has 0 fully saturated rings. The molecular weight excluding hydrogens is 328 g/mol. The lowest BCUT2D eigenvalue weighted by Gasteiger charge is -2.10. The standard InChI is InChI=1S/C21H18N2O3/c22-21(25)18-8-4-5-9-19(18)23-20(24)14-26-17-12-10-16(11-13-17)15-6-2-1-3-7-15/h1-13H,14H2,(H2,22,25)(H,23,24). The van der Waals surface area contributed by atoms with Gasteiger partial charge in [-0.2, -0.15) is 0 Å². The van der Waals surface area contributed by atoms with E-state index in [1.54, 1.807) is 24.3 Å². The highest BCUT2D eigenvalue weighted by atomic mass is 16.5. The van der Waals surface area contributed by atoms with Gasteiger partial charge in [0.2, 0.25) is 0 Å². The maximum absolute atomic E-state index is 12.1. The fraction of sp³-hybridized carbons (Fsp3) is 0.0476. The van der Waals surface area contributed by atoms with E-state index in [1.165, 1.54) is 0 Å². The lowest BCUT2D eigenvalue weighted by Crippen LogP contribution is -2.22. The van der Waals surface area contributed by atoms with Gasteiger partial charge in [-0.15, -0.1) is 0 Å². The summed E-state index contributed by atoms with van der Waals surface area (Å²) in [6.07, 6.45) is 0. The molecular formula is C21H18N2O3. The highest BCUT2D eigenvalue weighted by Crippen LogP contribution is 2.22. The number of rotatable bonds is 6. The summed E-state index contributed by atoms with van der Waals surface area (Å²) < 4.78 is 5.50. The van der Waals surface area contributed by atoms with Crippen LogP contribution in [-0.2, 0) is 4.79 Å². The Hall–Kier alpha value is -3.60. The number of benzene rings is 3. The first-order valence-electron chi connectivity index (χ1n) is 8.10. The van der Waals surface area contributed by atoms with E-state index in [4.69, 9.17) is 10.5 Å². The van der Waals surface area contributed by atoms with Crippen LogP contribution >= 0.6 is 0 Å². The molecule has 0 aliphatic heterocycles. The predicted molar refractivity (Wildman–Crippen MR) is 101 cm³/mol. The van der Waals surface area contributed by atoms with Crippen LogP contribution in [0.3, 0.4) is 0 Å². The van der Waals surface area contributed by atoms with Gasteiger partial charge in [-0.1, -0.05) is 54.6 Å². The van der Waals surface area contributed by atoms with E-state index in [9.17, 15) is 9.59 Å². The molecule has 0 bridgehead atoms. The Morgan fingerprint density at radius 2 is 1.42 bits per heavy atom. The number of nitrogens with two attached hydrogens (primary N) is 1. The van der Waals surface area contributed by atoms with Crippen LogP contribution in [0.15, 0.2) is 78.9 Å². The number of carbonyl (C=O) groups is 2. The third-order valence-corrected chi connectivity index (χ3v) is 3.80. The number of anilines is 1. The minimum Gasteiger partial charge on any atom is -0.484 e. The summed E-state index contributed by atoms with van der Waals surface area (Å²) in [6, 6.07) is 24.0. The van der Waals surface area contributed by atoms with Crippen molar-refractivity contribution < 1.29 is 14.3 Å². The highest BCUT2D eigenvalue weighted by molar-refractivity contribution is 6.03. The Morgan fingerprint density at radius 3 is 2.12 bits per heavy atom. The molecule has 2 amide bonds. The summed E-state index contributed by atoms with van der Waals surface area (Å²) in [4.78, 5) is 23.4. The molecule has 0 radical (unpaired) electrons. The minimum absolute atomic E-state index is 0.169. The van der Waals surface area contributed by atoms with Gasteiger partial charge in [0.1, 0.15) is 5.75 Å². The fourth-order valence-electron chi connectivity index (χ4n) is 2.52. The van der Waals surface area contributed by atoms with E-state index in [0.29, 0.717) is 11.4 Å². The van der Waals surface area contributed by atoms with Crippen molar-refractivity contribution in [1.29, 1.82) is 0 Å². The summed E-state index contributed by atoms with van der Waals surface area (Å²) in [5, 5.41) is 2.63. The zero-order valence-electron chi connectivity index (χ0n) is 14.0. The van der Waals surface area contributed by atoms with Gasteiger partial charge in [0.05, 0.1) is 11.3 Å². The Balaban J connectivity index is 1.59. The van der Waals surface area contributed by atoms with E-state index >= 15 is 0 Å². The number of carbonyl (C=O) groups excluding carboxylic acids is 2. The molecule has 0 aromatic heterocycles. The van der Waals surface area contributed by atoms with Crippen LogP contribution in [0.2, 0.25) is 0 Å². The van der Waals surface area contributed by atoms with E-state index < -0.39 is 5.91 Å². The van der Waals surface area contributed by atoms with Gasteiger partial charge in [-0.3, -0.25) is 9.59 Å². The van der Waals surface area contributed by atoms with Gasteiger partial charge < -0.3 is 15.8 Å². The fourth-order valence-corrected chi connectivity index (χ4v) is 2.52. The second kappa shape index (κ2) is 7.98. The monoisotopic (exact) mass is 346 g/mol. The highest BCUT2D eigenvalue weighted by Gasteiger charge is 2.10. The topological polar surface area (TPSA) is 81.4 Å². The Labute approximate surface area is 151 Å². The van der Waals surface area contributed by atoms with Crippen LogP contribution in [0, 0.1) is 0 Å². The van der Waals surface area contributed by atoms with E-state index in [0.717, 1.165) is 11.1 Å². The second-order valence-electron chi connectivity index (χ2n) is 5.64. The van der Waals surface area contributed by atoms with Crippen molar-refractivity contribution in [1.82, 2.24) is 0 Å². The van der Waals surface area contributed by atoms with E-state index in [2.05, 4.69) is 5.32 Å². The van der Waals surface area contributed by atoms with Crippen molar-refractivity contribution in [3.8, 4) is 16.9 Å². The van der Waals surface area contributed by atoms with Crippen molar-refractivity contribution >= 4 is 17.5 Å². The summed E-state index contributed by atoms with van der Waals surface area (Å²) in [5.41, 5.74) is 8.10. The van der Waals surface area contributed by atoms with Crippen molar-refractivity contribution in [3.63, 3.8) is 0 Å². The Kier molecular flexibility index (Phi) is 5.29. The first-order chi connectivity index (χ1) is 12.6. The first kappa shape index (κ1) is 17.2. The van der Waals surface area contributed by atoms with Crippen molar-refractivity contribution in [2.24, 2.45) is 5.73 Å². The van der Waals surface area contributed by atoms with Crippen LogP contribution in [-0.4, -0.2) is 18.4 Å². The third-order valence-electron chi connectivity index (χ3n) is 3.80. The first-order valence-corrected chi connectivity index (χ1v) is 8.10. The predicted octanol–water partition coefficient (Wildman–Crippen LogP) is 3.47. The second-order valence-corrected chi connectivity index (χ2v) is 5.64. The number of nitrogens with one attached hydrogen (secondary N) is 1. The van der Waals surface area contributed by atoms with Crippen LogP contribution in [0.4, 0.5) is 5.69 Å². The number of hydrogen-bond acceptors (Lipinski definition) is 3. The van der Waals surface area contributed by atoms with Gasteiger partial charge in [0.15, 0.2) is 6.61 Å². The van der Waals surface area contributed by atoms with Gasteiger partial charge in [-0.25, -0.2) is 0 Å². The average Bonchev–Trinajstić information content (AvgIpc) is 2.68. The molecule has 0 saturated heterocycles. The number of para-hydroxylation sites is 1. The molecule has 3 N–H and O–H groups in total. The average molecular weight is 346 g/mol. The molecule has 130 valence electrons. The molecule has 0 unspecified atom stereocenters. The third kappa shape index (κ3) is 4.27. The largest absolute Gasteiger partial charge is 0.484 e. The van der Waals surface area contributed by atoms with Crippen LogP contribution < -0.4 is 15.8 Å². The molecule has 0 heterocycles. The minimum atomic E-state index is -0.599. The van der Waals surface area contributed by atoms with Gasteiger partial charge >= 0.3 is 0 Å². The van der Waals surface area contributed by atoms with Crippen molar-refractivity contribution in [3.05, 3.63) is 84.4 Å². The molecule has 0 atom stereocenters. The summed E-state index contributed by atoms with van der Waals surface area (Å²) >= 11 is 0. The molecule has 0 saturated carbocycles. The molecule has 0 aliphatic carbocycles. The molecule has 0 aliphatic rings. The quantitative estimate of drug-likeness (QED) is 0.717. The lowest BCUT2D eigenvalue weighted by molar-refractivity contribution is -0.118. The molecule has 5 nitrogen and oxygen atoms in total. The van der Waals surface area contributed by atoms with E-state index in [-0.39, 0.29) is 18.1 Å². The zero-order chi connectivity index (χ0) is 18.4. The SMILES string of the molecule is NC(=O)c1ccccc1NC(=O)COc1ccc(-c2ccccc2)cc1. The van der Waals surface area contributed by atoms with Gasteiger partial charge in [0.25, 0.3) is 11.8 Å². The van der Waals surface area contributed by atoms with Gasteiger partial charge in [0, 0.05) is 0 Å². The van der Waals surface area contributed by atoms with Crippen LogP contribution in [0.5, 0.6) is 5.75 Å². The van der Waals surface area contributed by atoms with E-state index in [1.807, 2.05) is 54.6 Å².